The van der Waals surface area contributed by atoms with Gasteiger partial charge in [-0.3, -0.25) is 14.4 Å². The number of hydrogen-bond acceptors (Lipinski definition) is 4. The molecule has 1 unspecified atom stereocenters. The third-order valence-electron chi connectivity index (χ3n) is 6.73. The predicted octanol–water partition coefficient (Wildman–Crippen LogP) is 2.13. The number of rotatable bonds is 10. The summed E-state index contributed by atoms with van der Waals surface area (Å²) in [5.41, 5.74) is 2.70. The van der Waals surface area contributed by atoms with Crippen molar-refractivity contribution in [1.82, 2.24) is 20.5 Å². The molecule has 2 aromatic carbocycles. The molecule has 184 valence electrons. The highest BCUT2D eigenvalue weighted by Gasteiger charge is 2.46. The Morgan fingerprint density at radius 1 is 1.06 bits per heavy atom. The number of amides is 2. The van der Waals surface area contributed by atoms with Crippen molar-refractivity contribution in [3.05, 3.63) is 71.4 Å². The van der Waals surface area contributed by atoms with E-state index in [1.807, 2.05) is 73.7 Å². The van der Waals surface area contributed by atoms with E-state index in [1.165, 1.54) is 0 Å². The molecule has 4 rings (SSSR count). The van der Waals surface area contributed by atoms with Crippen LogP contribution in [-0.4, -0.2) is 66.0 Å². The maximum absolute atomic E-state index is 13.7. The number of para-hydroxylation sites is 1. The van der Waals surface area contributed by atoms with Crippen LogP contribution in [0.5, 0.6) is 0 Å². The predicted molar refractivity (Wildman–Crippen MR) is 134 cm³/mol. The Bertz CT molecular complexity index is 1210. The van der Waals surface area contributed by atoms with Gasteiger partial charge in [-0.15, -0.1) is 0 Å². The summed E-state index contributed by atoms with van der Waals surface area (Å²) in [5, 5.41) is 16.5. The number of carboxylic acid groups (broad SMARTS) is 1. The lowest BCUT2D eigenvalue weighted by atomic mass is 9.80. The molecule has 1 atom stereocenters. The van der Waals surface area contributed by atoms with E-state index < -0.39 is 23.3 Å². The molecule has 35 heavy (non-hydrogen) atoms. The van der Waals surface area contributed by atoms with E-state index in [4.69, 9.17) is 0 Å². The van der Waals surface area contributed by atoms with Crippen LogP contribution in [0.15, 0.2) is 54.7 Å². The molecule has 8 heteroatoms. The zero-order valence-electron chi connectivity index (χ0n) is 20.1. The molecule has 3 aromatic rings. The summed E-state index contributed by atoms with van der Waals surface area (Å²) in [6.45, 7) is 1.11. The van der Waals surface area contributed by atoms with Crippen LogP contribution >= 0.6 is 0 Å². The molecular formula is C27H32N4O4. The van der Waals surface area contributed by atoms with Crippen LogP contribution in [0.3, 0.4) is 0 Å². The minimum absolute atomic E-state index is 0.286. The molecule has 1 aromatic heterocycles. The van der Waals surface area contributed by atoms with Crippen LogP contribution < -0.4 is 10.6 Å². The van der Waals surface area contributed by atoms with E-state index in [9.17, 15) is 19.5 Å². The number of benzene rings is 2. The zero-order chi connectivity index (χ0) is 25.0. The number of nitrogens with one attached hydrogen (secondary N) is 3. The number of H-pyrrole nitrogens is 1. The maximum Gasteiger partial charge on any atom is 0.304 e. The van der Waals surface area contributed by atoms with Gasteiger partial charge >= 0.3 is 5.97 Å². The lowest BCUT2D eigenvalue weighted by Gasteiger charge is -2.29. The van der Waals surface area contributed by atoms with Gasteiger partial charge in [0, 0.05) is 36.6 Å². The first-order chi connectivity index (χ1) is 16.8. The van der Waals surface area contributed by atoms with Crippen molar-refractivity contribution < 1.29 is 19.5 Å². The first-order valence-corrected chi connectivity index (χ1v) is 11.8. The topological polar surface area (TPSA) is 115 Å². The molecule has 2 amide bonds. The fourth-order valence-electron chi connectivity index (χ4n) is 4.92. The molecule has 1 aliphatic carbocycles. The molecule has 0 saturated heterocycles. The quantitative estimate of drug-likeness (QED) is 0.358. The molecule has 0 bridgehead atoms. The molecule has 0 aliphatic heterocycles. The van der Waals surface area contributed by atoms with Gasteiger partial charge in [0.05, 0.1) is 11.8 Å². The second-order valence-electron chi connectivity index (χ2n) is 9.66. The standard InChI is InChI=1S/C27H32N4O4/c1-31(2)12-11-28-25(34)23(13-20-17-29-22-10-6-5-9-21(20)22)30-26(35)27(16-24(32)33)14-18-7-3-4-8-19(18)15-27/h3-10,17,23,29H,11-16H2,1-2H3,(H,28,34)(H,30,35)(H,32,33). The van der Waals surface area contributed by atoms with Crippen molar-refractivity contribution in [2.45, 2.75) is 31.7 Å². The van der Waals surface area contributed by atoms with Crippen LogP contribution in [0.1, 0.15) is 23.1 Å². The van der Waals surface area contributed by atoms with Crippen LogP contribution in [0.2, 0.25) is 0 Å². The number of aliphatic carboxylic acids is 1. The number of aromatic amines is 1. The van der Waals surface area contributed by atoms with Gasteiger partial charge in [0.15, 0.2) is 0 Å². The van der Waals surface area contributed by atoms with Gasteiger partial charge in [0.1, 0.15) is 6.04 Å². The van der Waals surface area contributed by atoms with Gasteiger partial charge in [-0.1, -0.05) is 42.5 Å². The number of carboxylic acids is 1. The maximum atomic E-state index is 13.7. The normalized spacial score (nSPS) is 15.1. The molecule has 1 aliphatic rings. The lowest BCUT2D eigenvalue weighted by Crippen LogP contribution is -2.54. The summed E-state index contributed by atoms with van der Waals surface area (Å²) in [6.07, 6.45) is 2.53. The van der Waals surface area contributed by atoms with Crippen LogP contribution in [-0.2, 0) is 33.6 Å². The van der Waals surface area contributed by atoms with Gasteiger partial charge in [0.25, 0.3) is 0 Å². The Morgan fingerprint density at radius 2 is 1.71 bits per heavy atom. The van der Waals surface area contributed by atoms with Crippen molar-refractivity contribution in [3.8, 4) is 0 Å². The highest BCUT2D eigenvalue weighted by atomic mass is 16.4. The lowest BCUT2D eigenvalue weighted by molar-refractivity contribution is -0.145. The molecule has 0 saturated carbocycles. The zero-order valence-corrected chi connectivity index (χ0v) is 20.1. The van der Waals surface area contributed by atoms with E-state index in [2.05, 4.69) is 15.6 Å². The first kappa shape index (κ1) is 24.5. The minimum Gasteiger partial charge on any atom is -0.481 e. The van der Waals surface area contributed by atoms with Crippen LogP contribution in [0.4, 0.5) is 0 Å². The molecule has 4 N–H and O–H groups in total. The fourth-order valence-corrected chi connectivity index (χ4v) is 4.92. The largest absolute Gasteiger partial charge is 0.481 e. The second kappa shape index (κ2) is 10.3. The van der Waals surface area contributed by atoms with E-state index in [-0.39, 0.29) is 12.3 Å². The summed E-state index contributed by atoms with van der Waals surface area (Å²) in [7, 11) is 3.84. The molecule has 0 fully saturated rings. The molecular weight excluding hydrogens is 444 g/mol. The Labute approximate surface area is 204 Å². The monoisotopic (exact) mass is 476 g/mol. The Balaban J connectivity index is 1.59. The first-order valence-electron chi connectivity index (χ1n) is 11.8. The number of likely N-dealkylation sites (N-methyl/N-ethyl adjacent to an activating group) is 1. The Morgan fingerprint density at radius 3 is 2.37 bits per heavy atom. The number of fused-ring (bicyclic) bond motifs is 2. The van der Waals surface area contributed by atoms with Crippen molar-refractivity contribution in [2.24, 2.45) is 5.41 Å². The highest BCUT2D eigenvalue weighted by molar-refractivity contribution is 5.93. The number of hydrogen-bond donors (Lipinski definition) is 4. The van der Waals surface area contributed by atoms with Crippen LogP contribution in [0.25, 0.3) is 10.9 Å². The summed E-state index contributed by atoms with van der Waals surface area (Å²) >= 11 is 0. The third kappa shape index (κ3) is 5.54. The van der Waals surface area contributed by atoms with Gasteiger partial charge in [-0.2, -0.15) is 0 Å². The van der Waals surface area contributed by atoms with Crippen molar-refractivity contribution in [2.75, 3.05) is 27.2 Å². The summed E-state index contributed by atoms with van der Waals surface area (Å²) in [5.74, 6) is -1.72. The van der Waals surface area contributed by atoms with Crippen molar-refractivity contribution in [3.63, 3.8) is 0 Å². The summed E-state index contributed by atoms with van der Waals surface area (Å²) < 4.78 is 0. The van der Waals surface area contributed by atoms with Crippen molar-refractivity contribution in [1.29, 1.82) is 0 Å². The summed E-state index contributed by atoms with van der Waals surface area (Å²) in [6, 6.07) is 14.6. The summed E-state index contributed by atoms with van der Waals surface area (Å²) in [4.78, 5) is 43.9. The number of aromatic nitrogens is 1. The fraction of sp³-hybridized carbons (Fsp3) is 0.370. The molecule has 8 nitrogen and oxygen atoms in total. The number of nitrogens with zero attached hydrogens (tertiary/aromatic N) is 1. The Kier molecular flexibility index (Phi) is 7.21. The highest BCUT2D eigenvalue weighted by Crippen LogP contribution is 2.40. The second-order valence-corrected chi connectivity index (χ2v) is 9.66. The SMILES string of the molecule is CN(C)CCNC(=O)C(Cc1c[nH]c2ccccc12)NC(=O)C1(CC(=O)O)Cc2ccccc2C1. The van der Waals surface area contributed by atoms with E-state index in [1.54, 1.807) is 0 Å². The van der Waals surface area contributed by atoms with Crippen LogP contribution in [0, 0.1) is 5.41 Å². The van der Waals surface area contributed by atoms with E-state index >= 15 is 0 Å². The van der Waals surface area contributed by atoms with E-state index in [0.29, 0.717) is 32.4 Å². The molecule has 1 heterocycles. The molecule has 0 spiro atoms. The average molecular weight is 477 g/mol. The Hall–Kier alpha value is -3.65. The smallest absolute Gasteiger partial charge is 0.304 e. The van der Waals surface area contributed by atoms with Crippen molar-refractivity contribution >= 4 is 28.7 Å². The average Bonchev–Trinajstić information content (AvgIpc) is 3.39. The number of carbonyl (C=O) groups is 3. The van der Waals surface area contributed by atoms with Gasteiger partial charge in [-0.05, 0) is 49.7 Å². The van der Waals surface area contributed by atoms with Gasteiger partial charge in [0.2, 0.25) is 11.8 Å². The third-order valence-corrected chi connectivity index (χ3v) is 6.73. The number of carbonyl (C=O) groups excluding carboxylic acids is 2. The molecule has 0 radical (unpaired) electrons. The van der Waals surface area contributed by atoms with E-state index in [0.717, 1.165) is 27.6 Å². The minimum atomic E-state index is -1.13. The van der Waals surface area contributed by atoms with Gasteiger partial charge in [-0.25, -0.2) is 0 Å². The van der Waals surface area contributed by atoms with Gasteiger partial charge < -0.3 is 25.6 Å².